The zero-order valence-electron chi connectivity index (χ0n) is 15.3. The standard InChI is InChI=1S/C20H21N5O2/c1-13(2)25-19-15(11-22-25)9-16(12-21-19)23-20(27)14-5-3-6-17(10-14)24-8-4-7-18(24)26/h3,5-6,9-13H,4,7-8H2,1-2H3,(H,23,27). The van der Waals surface area contributed by atoms with Crippen molar-refractivity contribution >= 4 is 34.2 Å². The van der Waals surface area contributed by atoms with Gasteiger partial charge in [-0.2, -0.15) is 5.10 Å². The number of nitrogens with zero attached hydrogens (tertiary/aromatic N) is 4. The molecule has 0 spiro atoms. The Morgan fingerprint density at radius 1 is 1.22 bits per heavy atom. The quantitative estimate of drug-likeness (QED) is 0.770. The molecule has 2 amide bonds. The lowest BCUT2D eigenvalue weighted by Gasteiger charge is -2.16. The normalized spacial score (nSPS) is 14.3. The molecule has 7 nitrogen and oxygen atoms in total. The Hall–Kier alpha value is -3.22. The number of carbonyl (C=O) groups is 2. The molecule has 1 N–H and O–H groups in total. The largest absolute Gasteiger partial charge is 0.321 e. The van der Waals surface area contributed by atoms with E-state index >= 15 is 0 Å². The first-order chi connectivity index (χ1) is 13.0. The van der Waals surface area contributed by atoms with Gasteiger partial charge in [0.05, 0.1) is 18.1 Å². The Morgan fingerprint density at radius 2 is 2.07 bits per heavy atom. The molecule has 1 aliphatic rings. The number of amides is 2. The average molecular weight is 363 g/mol. The van der Waals surface area contributed by atoms with Crippen molar-refractivity contribution < 1.29 is 9.59 Å². The first kappa shape index (κ1) is 17.2. The van der Waals surface area contributed by atoms with Crippen molar-refractivity contribution in [1.29, 1.82) is 0 Å². The lowest BCUT2D eigenvalue weighted by Crippen LogP contribution is -2.24. The Balaban J connectivity index is 1.55. The highest BCUT2D eigenvalue weighted by Crippen LogP contribution is 2.23. The smallest absolute Gasteiger partial charge is 0.255 e. The van der Waals surface area contributed by atoms with Crippen LogP contribution in [0.5, 0.6) is 0 Å². The van der Waals surface area contributed by atoms with Gasteiger partial charge in [-0.3, -0.25) is 9.59 Å². The van der Waals surface area contributed by atoms with E-state index in [2.05, 4.69) is 15.4 Å². The summed E-state index contributed by atoms with van der Waals surface area (Å²) in [5.74, 6) is -0.134. The number of carbonyl (C=O) groups excluding carboxylic acids is 2. The lowest BCUT2D eigenvalue weighted by atomic mass is 10.1. The summed E-state index contributed by atoms with van der Waals surface area (Å²) < 4.78 is 1.84. The molecule has 4 rings (SSSR count). The minimum atomic E-state index is -0.235. The van der Waals surface area contributed by atoms with Crippen molar-refractivity contribution in [3.63, 3.8) is 0 Å². The van der Waals surface area contributed by atoms with Crippen LogP contribution in [0.25, 0.3) is 11.0 Å². The van der Waals surface area contributed by atoms with E-state index in [4.69, 9.17) is 0 Å². The SMILES string of the molecule is CC(C)n1ncc2cc(NC(=O)c3cccc(N4CCCC4=O)c3)cnc21. The summed E-state index contributed by atoms with van der Waals surface area (Å²) in [4.78, 5) is 30.7. The van der Waals surface area contributed by atoms with Gasteiger partial charge < -0.3 is 10.2 Å². The van der Waals surface area contributed by atoms with Gasteiger partial charge in [0.1, 0.15) is 0 Å². The van der Waals surface area contributed by atoms with Crippen molar-refractivity contribution in [1.82, 2.24) is 14.8 Å². The van der Waals surface area contributed by atoms with Gasteiger partial charge in [-0.15, -0.1) is 0 Å². The van der Waals surface area contributed by atoms with Crippen molar-refractivity contribution in [2.75, 3.05) is 16.8 Å². The number of rotatable bonds is 4. The van der Waals surface area contributed by atoms with E-state index in [1.165, 1.54) is 0 Å². The van der Waals surface area contributed by atoms with Crippen LogP contribution in [0.1, 0.15) is 43.1 Å². The molecule has 0 unspecified atom stereocenters. The van der Waals surface area contributed by atoms with Crippen molar-refractivity contribution in [2.45, 2.75) is 32.7 Å². The van der Waals surface area contributed by atoms with Crippen molar-refractivity contribution in [3.8, 4) is 0 Å². The molecule has 3 heterocycles. The van der Waals surface area contributed by atoms with E-state index in [0.29, 0.717) is 24.2 Å². The summed E-state index contributed by atoms with van der Waals surface area (Å²) in [6.45, 7) is 4.79. The molecule has 0 bridgehead atoms. The summed E-state index contributed by atoms with van der Waals surface area (Å²) in [6.07, 6.45) is 4.80. The fourth-order valence-electron chi connectivity index (χ4n) is 3.33. The average Bonchev–Trinajstić information content (AvgIpc) is 3.27. The van der Waals surface area contributed by atoms with E-state index in [1.54, 1.807) is 35.5 Å². The summed E-state index contributed by atoms with van der Waals surface area (Å²) in [5.41, 5.74) is 2.66. The van der Waals surface area contributed by atoms with Gasteiger partial charge in [-0.1, -0.05) is 6.07 Å². The third kappa shape index (κ3) is 3.28. The maximum absolute atomic E-state index is 12.6. The van der Waals surface area contributed by atoms with Crippen LogP contribution in [0.3, 0.4) is 0 Å². The molecule has 27 heavy (non-hydrogen) atoms. The number of anilines is 2. The maximum atomic E-state index is 12.6. The van der Waals surface area contributed by atoms with Gasteiger partial charge in [-0.25, -0.2) is 9.67 Å². The number of hydrogen-bond acceptors (Lipinski definition) is 4. The Labute approximate surface area is 157 Å². The highest BCUT2D eigenvalue weighted by atomic mass is 16.2. The molecule has 1 aromatic carbocycles. The Kier molecular flexibility index (Phi) is 4.35. The maximum Gasteiger partial charge on any atom is 0.255 e. The number of hydrogen-bond donors (Lipinski definition) is 1. The molecule has 7 heteroatoms. The third-order valence-corrected chi connectivity index (χ3v) is 4.67. The van der Waals surface area contributed by atoms with Gasteiger partial charge >= 0.3 is 0 Å². The molecular weight excluding hydrogens is 342 g/mol. The zero-order valence-corrected chi connectivity index (χ0v) is 15.3. The predicted molar refractivity (Wildman–Crippen MR) is 104 cm³/mol. The van der Waals surface area contributed by atoms with Gasteiger partial charge in [-0.05, 0) is 44.5 Å². The Bertz CT molecular complexity index is 1020. The van der Waals surface area contributed by atoms with Crippen LogP contribution in [0, 0.1) is 0 Å². The minimum Gasteiger partial charge on any atom is -0.321 e. The first-order valence-corrected chi connectivity index (χ1v) is 9.08. The molecule has 1 aliphatic heterocycles. The molecule has 2 aromatic heterocycles. The van der Waals surface area contributed by atoms with Crippen molar-refractivity contribution in [2.24, 2.45) is 0 Å². The molecular formula is C20H21N5O2. The van der Waals surface area contributed by atoms with Crippen LogP contribution < -0.4 is 10.2 Å². The fraction of sp³-hybridized carbons (Fsp3) is 0.300. The monoisotopic (exact) mass is 363 g/mol. The van der Waals surface area contributed by atoms with Crippen LogP contribution in [-0.2, 0) is 4.79 Å². The lowest BCUT2D eigenvalue weighted by molar-refractivity contribution is -0.117. The number of aromatic nitrogens is 3. The van der Waals surface area contributed by atoms with Gasteiger partial charge in [0.2, 0.25) is 5.91 Å². The van der Waals surface area contributed by atoms with Gasteiger partial charge in [0.25, 0.3) is 5.91 Å². The van der Waals surface area contributed by atoms with E-state index in [0.717, 1.165) is 23.1 Å². The van der Waals surface area contributed by atoms with E-state index in [9.17, 15) is 9.59 Å². The number of benzene rings is 1. The highest BCUT2D eigenvalue weighted by Gasteiger charge is 2.22. The summed E-state index contributed by atoms with van der Waals surface area (Å²) >= 11 is 0. The summed E-state index contributed by atoms with van der Waals surface area (Å²) in [5, 5.41) is 8.09. The second-order valence-corrected chi connectivity index (χ2v) is 6.97. The second kappa shape index (κ2) is 6.83. The molecule has 138 valence electrons. The summed E-state index contributed by atoms with van der Waals surface area (Å²) in [7, 11) is 0. The van der Waals surface area contributed by atoms with E-state index < -0.39 is 0 Å². The van der Waals surface area contributed by atoms with Crippen LogP contribution in [0.4, 0.5) is 11.4 Å². The van der Waals surface area contributed by atoms with Crippen molar-refractivity contribution in [3.05, 3.63) is 48.3 Å². The molecule has 0 atom stereocenters. The first-order valence-electron chi connectivity index (χ1n) is 9.08. The topological polar surface area (TPSA) is 80.1 Å². The molecule has 1 fully saturated rings. The molecule has 3 aromatic rings. The predicted octanol–water partition coefficient (Wildman–Crippen LogP) is 3.39. The van der Waals surface area contributed by atoms with Crippen LogP contribution in [0.2, 0.25) is 0 Å². The van der Waals surface area contributed by atoms with E-state index in [-0.39, 0.29) is 17.9 Å². The molecule has 0 radical (unpaired) electrons. The van der Waals surface area contributed by atoms with Gasteiger partial charge in [0, 0.05) is 35.6 Å². The zero-order chi connectivity index (χ0) is 19.0. The number of pyridine rings is 1. The fourth-order valence-corrected chi connectivity index (χ4v) is 3.33. The third-order valence-electron chi connectivity index (χ3n) is 4.67. The second-order valence-electron chi connectivity index (χ2n) is 6.97. The molecule has 1 saturated heterocycles. The van der Waals surface area contributed by atoms with Crippen LogP contribution >= 0.6 is 0 Å². The molecule has 0 aliphatic carbocycles. The Morgan fingerprint density at radius 3 is 2.81 bits per heavy atom. The minimum absolute atomic E-state index is 0.101. The van der Waals surface area contributed by atoms with E-state index in [1.807, 2.05) is 30.7 Å². The summed E-state index contributed by atoms with van der Waals surface area (Å²) in [6, 6.07) is 9.22. The van der Waals surface area contributed by atoms with Crippen LogP contribution in [-0.4, -0.2) is 33.1 Å². The molecule has 0 saturated carbocycles. The number of fused-ring (bicyclic) bond motifs is 1. The number of nitrogens with one attached hydrogen (secondary N) is 1. The highest BCUT2D eigenvalue weighted by molar-refractivity contribution is 6.06. The van der Waals surface area contributed by atoms with Crippen LogP contribution in [0.15, 0.2) is 42.7 Å². The van der Waals surface area contributed by atoms with Gasteiger partial charge in [0.15, 0.2) is 5.65 Å².